The first-order valence-corrected chi connectivity index (χ1v) is 11.7. The largest absolute Gasteiger partial charge is 0.340 e. The number of halogens is 1. The average Bonchev–Trinajstić information content (AvgIpc) is 3.45. The zero-order chi connectivity index (χ0) is 22.2. The zero-order valence-electron chi connectivity index (χ0n) is 17.8. The Morgan fingerprint density at radius 3 is 2.78 bits per heavy atom. The van der Waals surface area contributed by atoms with Crippen LogP contribution in [0.25, 0.3) is 22.3 Å². The van der Waals surface area contributed by atoms with Gasteiger partial charge in [0.1, 0.15) is 17.5 Å². The van der Waals surface area contributed by atoms with Crippen LogP contribution in [0.2, 0.25) is 0 Å². The van der Waals surface area contributed by atoms with Crippen molar-refractivity contribution in [3.8, 4) is 11.3 Å². The Kier molecular flexibility index (Phi) is 5.38. The Bertz CT molecular complexity index is 1300. The van der Waals surface area contributed by atoms with E-state index in [1.54, 1.807) is 37.0 Å². The Balaban J connectivity index is 1.51. The summed E-state index contributed by atoms with van der Waals surface area (Å²) in [6.07, 6.45) is 5.34. The molecule has 8 heteroatoms. The highest BCUT2D eigenvalue weighted by atomic mass is 32.2. The number of amides is 1. The first-order valence-electron chi connectivity index (χ1n) is 10.5. The molecule has 6 nitrogen and oxygen atoms in total. The maximum absolute atomic E-state index is 13.6. The molecule has 2 aromatic heterocycles. The third kappa shape index (κ3) is 3.75. The maximum atomic E-state index is 13.6. The highest BCUT2D eigenvalue weighted by Gasteiger charge is 2.34. The van der Waals surface area contributed by atoms with E-state index >= 15 is 0 Å². The lowest BCUT2D eigenvalue weighted by Crippen LogP contribution is -2.31. The van der Waals surface area contributed by atoms with Crippen LogP contribution in [0.15, 0.2) is 53.6 Å². The number of thioether (sulfide) groups is 1. The molecule has 1 aliphatic heterocycles. The van der Waals surface area contributed by atoms with Gasteiger partial charge in [0, 0.05) is 23.2 Å². The summed E-state index contributed by atoms with van der Waals surface area (Å²) >= 11 is 1.68. The molecule has 0 aliphatic carbocycles. The number of benzene rings is 2. The minimum atomic E-state index is -0.332. The van der Waals surface area contributed by atoms with Gasteiger partial charge in [-0.2, -0.15) is 0 Å². The fraction of sp³-hybridized carbons (Fsp3) is 0.250. The first-order chi connectivity index (χ1) is 15.5. The van der Waals surface area contributed by atoms with E-state index in [0.717, 1.165) is 34.6 Å². The van der Waals surface area contributed by atoms with Crippen LogP contribution in [-0.2, 0) is 0 Å². The lowest BCUT2D eigenvalue weighted by molar-refractivity contribution is 0.0730. The van der Waals surface area contributed by atoms with Crippen molar-refractivity contribution < 1.29 is 9.18 Å². The second-order valence-electron chi connectivity index (χ2n) is 7.85. The molecule has 1 unspecified atom stereocenters. The fourth-order valence-corrected chi connectivity index (χ4v) is 4.64. The Hall–Kier alpha value is -3.26. The minimum absolute atomic E-state index is 0.142. The summed E-state index contributed by atoms with van der Waals surface area (Å²) in [4.78, 5) is 33.6. The summed E-state index contributed by atoms with van der Waals surface area (Å²) in [5.41, 5.74) is 3.47. The quantitative estimate of drug-likeness (QED) is 0.437. The second-order valence-corrected chi connectivity index (χ2v) is 8.73. The third-order valence-corrected chi connectivity index (χ3v) is 6.52. The van der Waals surface area contributed by atoms with Gasteiger partial charge in [-0.05, 0) is 68.5 Å². The number of nitrogens with one attached hydrogen (secondary N) is 1. The number of carbonyl (C=O) groups is 1. The second kappa shape index (κ2) is 8.35. The van der Waals surface area contributed by atoms with Gasteiger partial charge in [-0.25, -0.2) is 19.3 Å². The monoisotopic (exact) mass is 447 g/mol. The number of fused-ring (bicyclic) bond motifs is 1. The van der Waals surface area contributed by atoms with Crippen molar-refractivity contribution in [3.63, 3.8) is 0 Å². The Morgan fingerprint density at radius 1 is 1.19 bits per heavy atom. The van der Waals surface area contributed by atoms with E-state index in [9.17, 15) is 9.18 Å². The number of rotatable bonds is 4. The number of nitrogens with zero attached hydrogens (tertiary/aromatic N) is 4. The van der Waals surface area contributed by atoms with E-state index < -0.39 is 0 Å². The van der Waals surface area contributed by atoms with Crippen molar-refractivity contribution in [1.82, 2.24) is 24.8 Å². The number of hydrogen-bond acceptors (Lipinski definition) is 5. The van der Waals surface area contributed by atoms with Crippen LogP contribution in [-0.4, -0.2) is 43.5 Å². The van der Waals surface area contributed by atoms with Gasteiger partial charge in [-0.1, -0.05) is 0 Å². The molecule has 0 spiro atoms. The van der Waals surface area contributed by atoms with Gasteiger partial charge in [0.25, 0.3) is 5.91 Å². The van der Waals surface area contributed by atoms with Gasteiger partial charge in [-0.3, -0.25) is 4.79 Å². The highest BCUT2D eigenvalue weighted by Crippen LogP contribution is 2.34. The normalized spacial score (nSPS) is 16.1. The van der Waals surface area contributed by atoms with Crippen LogP contribution in [0.3, 0.4) is 0 Å². The summed E-state index contributed by atoms with van der Waals surface area (Å²) in [7, 11) is 0. The molecule has 1 aliphatic rings. The molecule has 1 N–H and O–H groups in total. The lowest BCUT2D eigenvalue weighted by atomic mass is 10.1. The van der Waals surface area contributed by atoms with E-state index in [2.05, 4.69) is 21.0 Å². The summed E-state index contributed by atoms with van der Waals surface area (Å²) in [6.45, 7) is 2.41. The molecule has 4 aromatic rings. The molecule has 0 saturated carbocycles. The molecule has 162 valence electrons. The maximum Gasteiger partial charge on any atom is 0.258 e. The number of imidazole rings is 1. The van der Waals surface area contributed by atoms with E-state index in [4.69, 9.17) is 4.98 Å². The van der Waals surface area contributed by atoms with E-state index in [1.807, 2.05) is 23.3 Å². The van der Waals surface area contributed by atoms with E-state index in [1.165, 1.54) is 12.1 Å². The number of aryl methyl sites for hydroxylation is 1. The molecule has 1 amide bonds. The number of likely N-dealkylation sites (tertiary alicyclic amines) is 1. The molecule has 5 rings (SSSR count). The standard InChI is InChI=1S/C24H22FN5OS/c1-14-26-13-18(22(27-14)15-5-7-16(25)8-6-15)24(31)30-11-3-4-21(30)23-28-19-10-9-17(32-2)12-20(19)29-23/h5-10,12-13,21H,3-4,11H2,1-2H3,(H,28,29). The van der Waals surface area contributed by atoms with E-state index in [0.29, 0.717) is 29.2 Å². The Labute approximate surface area is 189 Å². The molecule has 2 aromatic carbocycles. The molecule has 32 heavy (non-hydrogen) atoms. The van der Waals surface area contributed by atoms with Gasteiger partial charge in [0.2, 0.25) is 0 Å². The van der Waals surface area contributed by atoms with Crippen LogP contribution in [0.4, 0.5) is 4.39 Å². The summed E-state index contributed by atoms with van der Waals surface area (Å²) < 4.78 is 13.4. The topological polar surface area (TPSA) is 74.8 Å². The predicted molar refractivity (Wildman–Crippen MR) is 123 cm³/mol. The van der Waals surface area contributed by atoms with Gasteiger partial charge >= 0.3 is 0 Å². The molecule has 1 atom stereocenters. The van der Waals surface area contributed by atoms with Gasteiger partial charge in [-0.15, -0.1) is 11.8 Å². The van der Waals surface area contributed by atoms with Crippen LogP contribution in [0.1, 0.15) is 40.9 Å². The van der Waals surface area contributed by atoms with Gasteiger partial charge in [0.15, 0.2) is 0 Å². The molecule has 0 radical (unpaired) electrons. The van der Waals surface area contributed by atoms with Crippen LogP contribution >= 0.6 is 11.8 Å². The highest BCUT2D eigenvalue weighted by molar-refractivity contribution is 7.98. The number of aromatic amines is 1. The van der Waals surface area contributed by atoms with Crippen molar-refractivity contribution in [2.75, 3.05) is 12.8 Å². The smallest absolute Gasteiger partial charge is 0.258 e. The Morgan fingerprint density at radius 2 is 2.00 bits per heavy atom. The number of carbonyl (C=O) groups excluding carboxylic acids is 1. The lowest BCUT2D eigenvalue weighted by Gasteiger charge is -2.24. The predicted octanol–water partition coefficient (Wildman–Crippen LogP) is 5.17. The molecular formula is C24H22FN5OS. The van der Waals surface area contributed by atoms with Crippen molar-refractivity contribution in [2.24, 2.45) is 0 Å². The minimum Gasteiger partial charge on any atom is -0.340 e. The van der Waals surface area contributed by atoms with Crippen molar-refractivity contribution in [3.05, 3.63) is 71.7 Å². The van der Waals surface area contributed by atoms with Crippen molar-refractivity contribution >= 4 is 28.7 Å². The van der Waals surface area contributed by atoms with E-state index in [-0.39, 0.29) is 17.8 Å². The number of aromatic nitrogens is 4. The first kappa shape index (κ1) is 20.6. The van der Waals surface area contributed by atoms with Crippen LogP contribution in [0.5, 0.6) is 0 Å². The molecule has 1 saturated heterocycles. The van der Waals surface area contributed by atoms with Gasteiger partial charge in [0.05, 0.1) is 28.3 Å². The van der Waals surface area contributed by atoms with Crippen LogP contribution < -0.4 is 0 Å². The summed E-state index contributed by atoms with van der Waals surface area (Å²) in [5.74, 6) is 0.875. The van der Waals surface area contributed by atoms with Crippen LogP contribution in [0, 0.1) is 12.7 Å². The summed E-state index contributed by atoms with van der Waals surface area (Å²) in [6, 6.07) is 12.0. The third-order valence-electron chi connectivity index (χ3n) is 5.79. The van der Waals surface area contributed by atoms with Crippen molar-refractivity contribution in [2.45, 2.75) is 30.7 Å². The average molecular weight is 448 g/mol. The fourth-order valence-electron chi connectivity index (χ4n) is 4.20. The SMILES string of the molecule is CSc1ccc2nc(C3CCCN3C(=O)c3cnc(C)nc3-c3ccc(F)cc3)[nH]c2c1. The summed E-state index contributed by atoms with van der Waals surface area (Å²) in [5, 5.41) is 0. The number of H-pyrrole nitrogens is 1. The molecular weight excluding hydrogens is 425 g/mol. The molecule has 1 fully saturated rings. The van der Waals surface area contributed by atoms with Gasteiger partial charge < -0.3 is 9.88 Å². The molecule has 0 bridgehead atoms. The number of hydrogen-bond donors (Lipinski definition) is 1. The zero-order valence-corrected chi connectivity index (χ0v) is 18.6. The van der Waals surface area contributed by atoms with Crippen molar-refractivity contribution in [1.29, 1.82) is 0 Å². The molecule has 3 heterocycles.